The molecule has 0 saturated heterocycles. The Bertz CT molecular complexity index is 1130. The maximum Gasteiger partial charge on any atom is 0.207 e. The molecule has 1 saturated carbocycles. The maximum absolute atomic E-state index is 13.5. The molecule has 3 aromatic carbocycles. The van der Waals surface area contributed by atoms with Crippen molar-refractivity contribution >= 4 is 9.84 Å². The van der Waals surface area contributed by atoms with Crippen LogP contribution in [0.2, 0.25) is 0 Å². The molecule has 2 bridgehead atoms. The minimum Gasteiger partial charge on any atom is -0.218 e. The van der Waals surface area contributed by atoms with Crippen molar-refractivity contribution in [3.63, 3.8) is 0 Å². The first kappa shape index (κ1) is 17.4. The minimum atomic E-state index is -3.60. The predicted octanol–water partition coefficient (Wildman–Crippen LogP) is 5.87. The van der Waals surface area contributed by atoms with Crippen molar-refractivity contribution in [2.75, 3.05) is 0 Å². The van der Waals surface area contributed by atoms with E-state index < -0.39 is 9.84 Å². The summed E-state index contributed by atoms with van der Waals surface area (Å²) in [7, 11) is -3.60. The van der Waals surface area contributed by atoms with Crippen LogP contribution in [-0.4, -0.2) is 8.42 Å². The summed E-state index contributed by atoms with van der Waals surface area (Å²) >= 11 is 0. The van der Waals surface area contributed by atoms with Crippen LogP contribution in [0, 0.1) is 11.8 Å². The Hall–Kier alpha value is -2.65. The lowest BCUT2D eigenvalue weighted by Crippen LogP contribution is -2.09. The zero-order valence-electron chi connectivity index (χ0n) is 15.5. The summed E-state index contributed by atoms with van der Waals surface area (Å²) in [6.45, 7) is 0. The monoisotopic (exact) mass is 386 g/mol. The van der Waals surface area contributed by atoms with E-state index in [1.165, 1.54) is 6.42 Å². The van der Waals surface area contributed by atoms with Crippen molar-refractivity contribution in [1.29, 1.82) is 0 Å². The van der Waals surface area contributed by atoms with Gasteiger partial charge >= 0.3 is 0 Å². The molecular weight excluding hydrogens is 364 g/mol. The van der Waals surface area contributed by atoms with Crippen LogP contribution >= 0.6 is 0 Å². The second-order valence-corrected chi connectivity index (χ2v) is 9.74. The Morgan fingerprint density at radius 1 is 0.750 bits per heavy atom. The zero-order valence-corrected chi connectivity index (χ0v) is 16.3. The van der Waals surface area contributed by atoms with Gasteiger partial charge < -0.3 is 0 Å². The third-order valence-corrected chi connectivity index (χ3v) is 7.95. The first-order valence-electron chi connectivity index (χ1n) is 9.81. The molecule has 5 rings (SSSR count). The number of benzene rings is 3. The standard InChI is InChI=1S/C25H22O2S/c26-28(27,22-9-5-2-6-10-22)25-17-21(24-16-18-11-12-20(24)15-18)13-14-23(25)19-7-3-1-4-8-19/h1-14,17-18,20,24H,15-16H2. The van der Waals surface area contributed by atoms with Crippen molar-refractivity contribution in [2.24, 2.45) is 11.8 Å². The predicted molar refractivity (Wildman–Crippen MR) is 112 cm³/mol. The Labute approximate surface area is 166 Å². The van der Waals surface area contributed by atoms with E-state index in [1.54, 1.807) is 24.3 Å². The van der Waals surface area contributed by atoms with Crippen LogP contribution in [0.15, 0.2) is 101 Å². The van der Waals surface area contributed by atoms with Gasteiger partial charge in [0.1, 0.15) is 0 Å². The average Bonchev–Trinajstić information content (AvgIpc) is 3.38. The highest BCUT2D eigenvalue weighted by Gasteiger charge is 2.37. The molecular formula is C25H22O2S. The lowest BCUT2D eigenvalue weighted by molar-refractivity contribution is 0.581. The van der Waals surface area contributed by atoms with E-state index in [0.717, 1.165) is 23.1 Å². The smallest absolute Gasteiger partial charge is 0.207 e. The van der Waals surface area contributed by atoms with Crippen molar-refractivity contribution in [1.82, 2.24) is 0 Å². The van der Waals surface area contributed by atoms with Crippen LogP contribution in [0.25, 0.3) is 11.1 Å². The minimum absolute atomic E-state index is 0.345. The van der Waals surface area contributed by atoms with E-state index in [4.69, 9.17) is 0 Å². The van der Waals surface area contributed by atoms with E-state index >= 15 is 0 Å². The highest BCUT2D eigenvalue weighted by Crippen LogP contribution is 2.49. The summed E-state index contributed by atoms with van der Waals surface area (Å²) in [5, 5.41) is 0. The van der Waals surface area contributed by atoms with E-state index in [9.17, 15) is 8.42 Å². The highest BCUT2D eigenvalue weighted by atomic mass is 32.2. The molecule has 0 aromatic heterocycles. The lowest BCUT2D eigenvalue weighted by Gasteiger charge is -2.21. The van der Waals surface area contributed by atoms with Gasteiger partial charge in [-0.2, -0.15) is 0 Å². The molecule has 0 radical (unpaired) electrons. The van der Waals surface area contributed by atoms with Gasteiger partial charge in [-0.3, -0.25) is 0 Å². The third kappa shape index (κ3) is 2.91. The van der Waals surface area contributed by atoms with Gasteiger partial charge in [0.2, 0.25) is 9.84 Å². The molecule has 3 heteroatoms. The molecule has 0 N–H and O–H groups in total. The van der Waals surface area contributed by atoms with Crippen LogP contribution < -0.4 is 0 Å². The number of sulfone groups is 1. The molecule has 2 aliphatic carbocycles. The average molecular weight is 387 g/mol. The fourth-order valence-electron chi connectivity index (χ4n) is 4.74. The van der Waals surface area contributed by atoms with Crippen molar-refractivity contribution in [3.05, 3.63) is 96.6 Å². The number of rotatable bonds is 4. The van der Waals surface area contributed by atoms with Crippen LogP contribution in [0.4, 0.5) is 0 Å². The van der Waals surface area contributed by atoms with E-state index in [2.05, 4.69) is 18.2 Å². The van der Waals surface area contributed by atoms with Crippen molar-refractivity contribution < 1.29 is 8.42 Å². The topological polar surface area (TPSA) is 34.1 Å². The van der Waals surface area contributed by atoms with Gasteiger partial charge in [-0.05, 0) is 59.9 Å². The van der Waals surface area contributed by atoms with Crippen LogP contribution in [0.1, 0.15) is 24.3 Å². The quantitative estimate of drug-likeness (QED) is 0.526. The first-order chi connectivity index (χ1) is 13.6. The van der Waals surface area contributed by atoms with Crippen molar-refractivity contribution in [2.45, 2.75) is 28.6 Å². The van der Waals surface area contributed by atoms with Gasteiger partial charge in [-0.25, -0.2) is 8.42 Å². The Morgan fingerprint density at radius 2 is 1.46 bits per heavy atom. The fraction of sp³-hybridized carbons (Fsp3) is 0.200. The van der Waals surface area contributed by atoms with E-state index in [0.29, 0.717) is 27.5 Å². The van der Waals surface area contributed by atoms with Crippen molar-refractivity contribution in [3.8, 4) is 11.1 Å². The molecule has 3 unspecified atom stereocenters. The second kappa shape index (κ2) is 6.75. The van der Waals surface area contributed by atoms with E-state index in [-0.39, 0.29) is 0 Å². The van der Waals surface area contributed by atoms with Gasteiger partial charge in [0, 0.05) is 5.56 Å². The summed E-state index contributed by atoms with van der Waals surface area (Å²) in [5.41, 5.74) is 2.84. The Morgan fingerprint density at radius 3 is 2.11 bits per heavy atom. The summed E-state index contributed by atoms with van der Waals surface area (Å²) < 4.78 is 27.1. The van der Waals surface area contributed by atoms with Gasteiger partial charge in [-0.15, -0.1) is 0 Å². The molecule has 0 aliphatic heterocycles. The van der Waals surface area contributed by atoms with Gasteiger partial charge in [0.05, 0.1) is 9.79 Å². The number of fused-ring (bicyclic) bond motifs is 2. The molecule has 140 valence electrons. The number of hydrogen-bond acceptors (Lipinski definition) is 2. The molecule has 28 heavy (non-hydrogen) atoms. The molecule has 3 atom stereocenters. The molecule has 0 amide bonds. The molecule has 2 nitrogen and oxygen atoms in total. The van der Waals surface area contributed by atoms with Crippen LogP contribution in [0.3, 0.4) is 0 Å². The summed E-state index contributed by atoms with van der Waals surface area (Å²) in [6.07, 6.45) is 6.96. The normalized spacial score (nSPS) is 23.2. The molecule has 0 spiro atoms. The van der Waals surface area contributed by atoms with Crippen LogP contribution in [0.5, 0.6) is 0 Å². The molecule has 3 aromatic rings. The number of allylic oxidation sites excluding steroid dienone is 2. The first-order valence-corrected chi connectivity index (χ1v) is 11.3. The largest absolute Gasteiger partial charge is 0.218 e. The Balaban J connectivity index is 1.68. The molecule has 2 aliphatic rings. The second-order valence-electron chi connectivity index (χ2n) is 7.82. The lowest BCUT2D eigenvalue weighted by atomic mass is 9.86. The van der Waals surface area contributed by atoms with Gasteiger partial charge in [0.15, 0.2) is 0 Å². The summed E-state index contributed by atoms with van der Waals surface area (Å²) in [4.78, 5) is 0.756. The highest BCUT2D eigenvalue weighted by molar-refractivity contribution is 7.91. The van der Waals surface area contributed by atoms with E-state index in [1.807, 2.05) is 48.5 Å². The third-order valence-electron chi connectivity index (χ3n) is 6.14. The SMILES string of the molecule is O=S(=O)(c1ccccc1)c1cc(C2CC3C=CC2C3)ccc1-c1ccccc1. The summed E-state index contributed by atoms with van der Waals surface area (Å²) in [6, 6.07) is 24.6. The zero-order chi connectivity index (χ0) is 19.1. The van der Waals surface area contributed by atoms with Gasteiger partial charge in [0.25, 0.3) is 0 Å². The van der Waals surface area contributed by atoms with Crippen LogP contribution in [-0.2, 0) is 9.84 Å². The number of hydrogen-bond donors (Lipinski definition) is 0. The molecule has 0 heterocycles. The maximum atomic E-state index is 13.5. The molecule has 1 fully saturated rings. The Kier molecular flexibility index (Phi) is 4.21. The van der Waals surface area contributed by atoms with Gasteiger partial charge in [-0.1, -0.05) is 72.8 Å². The fourth-order valence-corrected chi connectivity index (χ4v) is 6.27. The summed E-state index contributed by atoms with van der Waals surface area (Å²) in [5.74, 6) is 1.61.